The Kier molecular flexibility index (Phi) is 4.89. The van der Waals surface area contributed by atoms with Gasteiger partial charge in [-0.05, 0) is 37.3 Å². The molecule has 0 spiro atoms. The highest BCUT2D eigenvalue weighted by Gasteiger charge is 2.33. The van der Waals surface area contributed by atoms with Crippen molar-refractivity contribution in [2.45, 2.75) is 25.3 Å². The van der Waals surface area contributed by atoms with Crippen LogP contribution in [-0.2, 0) is 7.05 Å². The van der Waals surface area contributed by atoms with E-state index in [4.69, 9.17) is 9.97 Å². The van der Waals surface area contributed by atoms with Crippen LogP contribution in [0.1, 0.15) is 19.3 Å². The number of nitrogens with zero attached hydrogens (tertiary/aromatic N) is 7. The van der Waals surface area contributed by atoms with E-state index in [1.165, 1.54) is 12.8 Å². The third-order valence-electron chi connectivity index (χ3n) is 6.07. The number of aryl methyl sites for hydroxylation is 1. The van der Waals surface area contributed by atoms with E-state index in [2.05, 4.69) is 19.9 Å². The molecule has 152 valence electrons. The number of fused-ring (bicyclic) bond motifs is 1. The van der Waals surface area contributed by atoms with Crippen LogP contribution >= 0.6 is 0 Å². The lowest BCUT2D eigenvalue weighted by Crippen LogP contribution is -2.54. The zero-order chi connectivity index (χ0) is 19.8. The minimum atomic E-state index is 0.216. The fourth-order valence-corrected chi connectivity index (χ4v) is 4.26. The molecule has 3 aromatic heterocycles. The fraction of sp³-hybridized carbons (Fsp3) is 0.524. The van der Waals surface area contributed by atoms with Gasteiger partial charge in [-0.3, -0.25) is 14.6 Å². The van der Waals surface area contributed by atoms with Crippen LogP contribution in [0.5, 0.6) is 0 Å². The minimum absolute atomic E-state index is 0.216. The normalized spacial score (nSPS) is 20.5. The van der Waals surface area contributed by atoms with Gasteiger partial charge in [0.15, 0.2) is 11.5 Å². The highest BCUT2D eigenvalue weighted by Crippen LogP contribution is 2.33. The predicted molar refractivity (Wildman–Crippen MR) is 112 cm³/mol. The second-order valence-electron chi connectivity index (χ2n) is 8.16. The van der Waals surface area contributed by atoms with Gasteiger partial charge in [0.1, 0.15) is 5.82 Å². The van der Waals surface area contributed by atoms with Crippen LogP contribution in [-0.4, -0.2) is 73.6 Å². The number of rotatable bonds is 6. The van der Waals surface area contributed by atoms with Gasteiger partial charge in [0.05, 0.1) is 11.6 Å². The number of hydrogen-bond acceptors (Lipinski definition) is 7. The molecule has 2 fully saturated rings. The molecule has 1 saturated carbocycles. The first-order valence-corrected chi connectivity index (χ1v) is 10.4. The van der Waals surface area contributed by atoms with Gasteiger partial charge in [-0.15, -0.1) is 0 Å². The number of aliphatic hydroxyl groups is 1. The molecule has 1 aliphatic heterocycles. The SMILES string of the molecule is Cn1ncc2c(N3CCN(CC4CC4)[C@@H](CCO)C3)nc(-c3ccncc3)nc21. The third kappa shape index (κ3) is 3.70. The monoisotopic (exact) mass is 393 g/mol. The highest BCUT2D eigenvalue weighted by molar-refractivity contribution is 5.88. The summed E-state index contributed by atoms with van der Waals surface area (Å²) < 4.78 is 1.81. The van der Waals surface area contributed by atoms with Gasteiger partial charge in [-0.25, -0.2) is 9.97 Å². The van der Waals surface area contributed by atoms with Crippen LogP contribution < -0.4 is 4.90 Å². The average molecular weight is 393 g/mol. The van der Waals surface area contributed by atoms with E-state index in [0.717, 1.165) is 60.9 Å². The summed E-state index contributed by atoms with van der Waals surface area (Å²) in [7, 11) is 1.91. The molecule has 3 aromatic rings. The molecule has 0 unspecified atom stereocenters. The van der Waals surface area contributed by atoms with Crippen molar-refractivity contribution in [1.82, 2.24) is 29.6 Å². The Balaban J connectivity index is 1.50. The smallest absolute Gasteiger partial charge is 0.164 e. The van der Waals surface area contributed by atoms with Crippen molar-refractivity contribution in [1.29, 1.82) is 0 Å². The molecule has 0 radical (unpaired) electrons. The first-order chi connectivity index (χ1) is 14.2. The van der Waals surface area contributed by atoms with E-state index < -0.39 is 0 Å². The summed E-state index contributed by atoms with van der Waals surface area (Å²) >= 11 is 0. The number of piperazine rings is 1. The maximum absolute atomic E-state index is 9.62. The van der Waals surface area contributed by atoms with Gasteiger partial charge >= 0.3 is 0 Å². The Morgan fingerprint density at radius 1 is 1.14 bits per heavy atom. The van der Waals surface area contributed by atoms with E-state index in [-0.39, 0.29) is 6.61 Å². The summed E-state index contributed by atoms with van der Waals surface area (Å²) in [5.41, 5.74) is 1.78. The van der Waals surface area contributed by atoms with Crippen LogP contribution in [0.4, 0.5) is 5.82 Å². The molecule has 0 bridgehead atoms. The first kappa shape index (κ1) is 18.4. The Morgan fingerprint density at radius 3 is 2.72 bits per heavy atom. The molecule has 1 saturated heterocycles. The summed E-state index contributed by atoms with van der Waals surface area (Å²) in [6, 6.07) is 4.22. The fourth-order valence-electron chi connectivity index (χ4n) is 4.26. The quantitative estimate of drug-likeness (QED) is 0.682. The lowest BCUT2D eigenvalue weighted by atomic mass is 10.1. The molecule has 8 nitrogen and oxygen atoms in total. The Bertz CT molecular complexity index is 985. The van der Waals surface area contributed by atoms with Gasteiger partial charge in [-0.1, -0.05) is 0 Å². The van der Waals surface area contributed by atoms with Crippen molar-refractivity contribution in [3.63, 3.8) is 0 Å². The number of hydrogen-bond donors (Lipinski definition) is 1. The summed E-state index contributed by atoms with van der Waals surface area (Å²) in [5.74, 6) is 2.48. The summed E-state index contributed by atoms with van der Waals surface area (Å²) in [6.45, 7) is 4.16. The second kappa shape index (κ2) is 7.68. The first-order valence-electron chi connectivity index (χ1n) is 10.4. The number of aliphatic hydroxyl groups excluding tert-OH is 1. The molecule has 1 atom stereocenters. The molecule has 2 aliphatic rings. The van der Waals surface area contributed by atoms with Gasteiger partial charge in [0, 0.05) is 63.8 Å². The van der Waals surface area contributed by atoms with E-state index in [9.17, 15) is 5.11 Å². The minimum Gasteiger partial charge on any atom is -0.396 e. The van der Waals surface area contributed by atoms with Crippen molar-refractivity contribution in [2.24, 2.45) is 13.0 Å². The molecular formula is C21H27N7O. The number of aromatic nitrogens is 5. The van der Waals surface area contributed by atoms with Gasteiger partial charge in [0.2, 0.25) is 0 Å². The topological polar surface area (TPSA) is 83.2 Å². The van der Waals surface area contributed by atoms with E-state index in [0.29, 0.717) is 11.9 Å². The number of pyridine rings is 1. The van der Waals surface area contributed by atoms with Gasteiger partial charge < -0.3 is 10.0 Å². The van der Waals surface area contributed by atoms with Crippen LogP contribution in [0.25, 0.3) is 22.4 Å². The molecular weight excluding hydrogens is 366 g/mol. The predicted octanol–water partition coefficient (Wildman–Crippen LogP) is 1.71. The number of anilines is 1. The molecule has 29 heavy (non-hydrogen) atoms. The Labute approximate surface area is 170 Å². The van der Waals surface area contributed by atoms with Crippen LogP contribution in [0.3, 0.4) is 0 Å². The summed E-state index contributed by atoms with van der Waals surface area (Å²) in [4.78, 5) is 18.7. The third-order valence-corrected chi connectivity index (χ3v) is 6.07. The van der Waals surface area contributed by atoms with Crippen molar-refractivity contribution < 1.29 is 5.11 Å². The van der Waals surface area contributed by atoms with Gasteiger partial charge in [-0.2, -0.15) is 5.10 Å². The molecule has 0 aromatic carbocycles. The van der Waals surface area contributed by atoms with Crippen LogP contribution in [0.2, 0.25) is 0 Å². The zero-order valence-electron chi connectivity index (χ0n) is 16.8. The maximum atomic E-state index is 9.62. The van der Waals surface area contributed by atoms with E-state index in [1.54, 1.807) is 17.1 Å². The van der Waals surface area contributed by atoms with Crippen molar-refractivity contribution in [2.75, 3.05) is 37.7 Å². The Morgan fingerprint density at radius 2 is 1.97 bits per heavy atom. The molecule has 0 amide bonds. The van der Waals surface area contributed by atoms with Crippen LogP contribution in [0.15, 0.2) is 30.7 Å². The van der Waals surface area contributed by atoms with Crippen molar-refractivity contribution in [3.05, 3.63) is 30.7 Å². The lowest BCUT2D eigenvalue weighted by molar-refractivity contribution is 0.137. The largest absolute Gasteiger partial charge is 0.396 e. The Hall–Kier alpha value is -2.58. The van der Waals surface area contributed by atoms with Crippen molar-refractivity contribution in [3.8, 4) is 11.4 Å². The summed E-state index contributed by atoms with van der Waals surface area (Å²) in [6.07, 6.45) is 8.88. The van der Waals surface area contributed by atoms with Crippen molar-refractivity contribution >= 4 is 16.9 Å². The molecule has 8 heteroatoms. The van der Waals surface area contributed by atoms with E-state index >= 15 is 0 Å². The standard InChI is InChI=1S/C21H27N7O/c1-26-20-18(12-23-26)21(25-19(24-20)16-4-7-22-8-5-16)28-10-9-27(13-15-2-3-15)17(14-28)6-11-29/h4-5,7-8,12,15,17,29H,2-3,6,9-11,13-14H2,1H3/t17-/m0/s1. The van der Waals surface area contributed by atoms with E-state index in [1.807, 2.05) is 25.4 Å². The maximum Gasteiger partial charge on any atom is 0.164 e. The zero-order valence-corrected chi connectivity index (χ0v) is 16.8. The highest BCUT2D eigenvalue weighted by atomic mass is 16.3. The summed E-state index contributed by atoms with van der Waals surface area (Å²) in [5, 5.41) is 15.0. The average Bonchev–Trinajstić information content (AvgIpc) is 3.50. The van der Waals surface area contributed by atoms with Gasteiger partial charge in [0.25, 0.3) is 0 Å². The molecule has 5 rings (SSSR count). The molecule has 1 N–H and O–H groups in total. The lowest BCUT2D eigenvalue weighted by Gasteiger charge is -2.42. The second-order valence-corrected chi connectivity index (χ2v) is 8.16. The molecule has 4 heterocycles. The molecule has 1 aliphatic carbocycles. The van der Waals surface area contributed by atoms with Crippen LogP contribution in [0, 0.1) is 5.92 Å².